The van der Waals surface area contributed by atoms with Crippen molar-refractivity contribution in [1.29, 1.82) is 0 Å². The zero-order valence-corrected chi connectivity index (χ0v) is 17.7. The molecule has 4 heteroatoms. The number of ketones is 1. The molecule has 3 fully saturated rings. The Morgan fingerprint density at radius 3 is 2.63 bits per heavy atom. The second-order valence-corrected chi connectivity index (χ2v) is 10.3. The maximum Gasteiger partial charge on any atom is 0.302 e. The van der Waals surface area contributed by atoms with Crippen LogP contribution in [0.3, 0.4) is 0 Å². The van der Waals surface area contributed by atoms with E-state index in [1.807, 2.05) is 0 Å². The van der Waals surface area contributed by atoms with Crippen LogP contribution in [0.2, 0.25) is 0 Å². The fourth-order valence-corrected chi connectivity index (χ4v) is 7.78. The molecule has 4 rings (SSSR count). The summed E-state index contributed by atoms with van der Waals surface area (Å²) in [4.78, 5) is 23.8. The summed E-state index contributed by atoms with van der Waals surface area (Å²) in [6.45, 7) is 6.36. The first kappa shape index (κ1) is 19.5. The lowest BCUT2D eigenvalue weighted by atomic mass is 9.44. The zero-order chi connectivity index (χ0) is 19.4. The molecule has 0 heterocycles. The fourth-order valence-electron chi connectivity index (χ4n) is 7.63. The Morgan fingerprint density at radius 1 is 1.15 bits per heavy atom. The first-order valence-electron chi connectivity index (χ1n) is 10.8. The third-order valence-electron chi connectivity index (χ3n) is 8.95. The van der Waals surface area contributed by atoms with Crippen molar-refractivity contribution >= 4 is 23.4 Å². The highest BCUT2D eigenvalue weighted by Crippen LogP contribution is 2.66. The molecule has 4 aliphatic rings. The van der Waals surface area contributed by atoms with E-state index in [4.69, 9.17) is 16.3 Å². The Bertz CT molecular complexity index is 671. The number of hydrogen-bond acceptors (Lipinski definition) is 3. The normalized spacial score (nSPS) is 45.9. The fraction of sp³-hybridized carbons (Fsp3) is 0.826. The van der Waals surface area contributed by atoms with E-state index in [-0.39, 0.29) is 29.2 Å². The van der Waals surface area contributed by atoms with E-state index in [1.165, 1.54) is 32.6 Å². The van der Waals surface area contributed by atoms with Gasteiger partial charge in [0.1, 0.15) is 6.10 Å². The number of hydrogen-bond donors (Lipinski definition) is 0. The molecule has 0 saturated heterocycles. The molecule has 0 aliphatic heterocycles. The minimum absolute atomic E-state index is 0.0330. The molecular formula is C23H33ClO3. The SMILES string of the molecule is CC(=O)O[C@H]1CC[C@@]2(C)[C@@H](CC[C@@H]3[C@@H]2CC[C@]2(C)C(C(=O)CCl)=CC[C@@H]32)C1. The lowest BCUT2D eigenvalue weighted by Gasteiger charge is -2.60. The van der Waals surface area contributed by atoms with Gasteiger partial charge in [-0.1, -0.05) is 19.9 Å². The van der Waals surface area contributed by atoms with E-state index in [0.29, 0.717) is 23.2 Å². The summed E-state index contributed by atoms with van der Waals surface area (Å²) >= 11 is 5.90. The van der Waals surface area contributed by atoms with Gasteiger partial charge in [0.2, 0.25) is 0 Å². The van der Waals surface area contributed by atoms with Crippen LogP contribution >= 0.6 is 11.6 Å². The van der Waals surface area contributed by atoms with Crippen molar-refractivity contribution in [3.05, 3.63) is 11.6 Å². The van der Waals surface area contributed by atoms with Crippen LogP contribution in [0.15, 0.2) is 11.6 Å². The van der Waals surface area contributed by atoms with Gasteiger partial charge in [-0.15, -0.1) is 11.6 Å². The lowest BCUT2D eigenvalue weighted by molar-refractivity contribution is -0.159. The molecule has 0 spiro atoms. The molecule has 7 atom stereocenters. The second-order valence-electron chi connectivity index (χ2n) is 10.0. The van der Waals surface area contributed by atoms with E-state index in [1.54, 1.807) is 0 Å². The van der Waals surface area contributed by atoms with Crippen molar-refractivity contribution < 1.29 is 14.3 Å². The van der Waals surface area contributed by atoms with Crippen molar-refractivity contribution in [2.24, 2.45) is 34.5 Å². The van der Waals surface area contributed by atoms with E-state index in [2.05, 4.69) is 19.9 Å². The minimum Gasteiger partial charge on any atom is -0.463 e. The van der Waals surface area contributed by atoms with E-state index in [0.717, 1.165) is 37.2 Å². The highest BCUT2D eigenvalue weighted by Gasteiger charge is 2.59. The Balaban J connectivity index is 1.53. The van der Waals surface area contributed by atoms with E-state index < -0.39 is 0 Å². The van der Waals surface area contributed by atoms with E-state index >= 15 is 0 Å². The highest BCUT2D eigenvalue weighted by atomic mass is 35.5. The van der Waals surface area contributed by atoms with Gasteiger partial charge in [-0.05, 0) is 91.4 Å². The van der Waals surface area contributed by atoms with Gasteiger partial charge in [0.25, 0.3) is 0 Å². The van der Waals surface area contributed by atoms with Crippen LogP contribution in [0.1, 0.15) is 72.1 Å². The predicted molar refractivity (Wildman–Crippen MR) is 106 cm³/mol. The molecule has 0 N–H and O–H groups in total. The van der Waals surface area contributed by atoms with Crippen LogP contribution in [-0.2, 0) is 14.3 Å². The molecule has 0 bridgehead atoms. The first-order valence-corrected chi connectivity index (χ1v) is 11.3. The van der Waals surface area contributed by atoms with Crippen LogP contribution in [0, 0.1) is 34.5 Å². The van der Waals surface area contributed by atoms with Gasteiger partial charge < -0.3 is 4.74 Å². The molecule has 4 aliphatic carbocycles. The number of ether oxygens (including phenoxy) is 1. The zero-order valence-electron chi connectivity index (χ0n) is 16.9. The molecule has 0 unspecified atom stereocenters. The van der Waals surface area contributed by atoms with Crippen LogP contribution < -0.4 is 0 Å². The third kappa shape index (κ3) is 2.99. The van der Waals surface area contributed by atoms with E-state index in [9.17, 15) is 9.59 Å². The number of alkyl halides is 1. The average Bonchev–Trinajstić information content (AvgIpc) is 2.98. The van der Waals surface area contributed by atoms with Gasteiger partial charge in [0.15, 0.2) is 5.78 Å². The molecule has 3 saturated carbocycles. The molecule has 0 aromatic heterocycles. The van der Waals surface area contributed by atoms with Crippen molar-refractivity contribution in [1.82, 2.24) is 0 Å². The third-order valence-corrected chi connectivity index (χ3v) is 9.20. The maximum absolute atomic E-state index is 12.4. The Labute approximate surface area is 168 Å². The molecule has 0 aromatic carbocycles. The standard InChI is InChI=1S/C23H33ClO3/c1-14(25)27-16-8-10-22(2)15(12-16)4-5-17-18-6-7-20(21(26)13-24)23(18,3)11-9-19(17)22/h7,15-19H,4-6,8-13H2,1-3H3/t15-,16-,17-,18-,19-,22-,23-/m0/s1. The molecule has 27 heavy (non-hydrogen) atoms. The summed E-state index contributed by atoms with van der Waals surface area (Å²) in [7, 11) is 0. The minimum atomic E-state index is -0.140. The largest absolute Gasteiger partial charge is 0.463 e. The summed E-state index contributed by atoms with van der Waals surface area (Å²) in [5.74, 6) is 2.83. The molecule has 0 radical (unpaired) electrons. The number of fused-ring (bicyclic) bond motifs is 5. The Hall–Kier alpha value is -0.830. The van der Waals surface area contributed by atoms with Gasteiger partial charge in [-0.25, -0.2) is 0 Å². The number of carbonyl (C=O) groups is 2. The number of halogens is 1. The summed E-state index contributed by atoms with van der Waals surface area (Å²) in [5.41, 5.74) is 1.41. The van der Waals surface area contributed by atoms with Crippen LogP contribution in [0.5, 0.6) is 0 Å². The number of carbonyl (C=O) groups excluding carboxylic acids is 2. The number of Topliss-reactive ketones (excluding diaryl/α,β-unsaturated/α-hetero) is 1. The van der Waals surface area contributed by atoms with Crippen LogP contribution in [0.4, 0.5) is 0 Å². The second kappa shape index (κ2) is 6.90. The smallest absolute Gasteiger partial charge is 0.302 e. The van der Waals surface area contributed by atoms with Crippen molar-refractivity contribution in [3.63, 3.8) is 0 Å². The van der Waals surface area contributed by atoms with Crippen molar-refractivity contribution in [3.8, 4) is 0 Å². The monoisotopic (exact) mass is 392 g/mol. The lowest BCUT2D eigenvalue weighted by Crippen LogP contribution is -2.54. The predicted octanol–water partition coefficient (Wildman–Crippen LogP) is 5.31. The van der Waals surface area contributed by atoms with Gasteiger partial charge in [0.05, 0.1) is 5.88 Å². The highest BCUT2D eigenvalue weighted by molar-refractivity contribution is 6.30. The number of rotatable bonds is 3. The molecule has 150 valence electrons. The van der Waals surface area contributed by atoms with Crippen LogP contribution in [0.25, 0.3) is 0 Å². The maximum atomic E-state index is 12.4. The number of allylic oxidation sites excluding steroid dienone is 2. The molecular weight excluding hydrogens is 360 g/mol. The van der Waals surface area contributed by atoms with Gasteiger partial charge in [0, 0.05) is 6.92 Å². The Morgan fingerprint density at radius 2 is 1.93 bits per heavy atom. The quantitative estimate of drug-likeness (QED) is 0.483. The number of esters is 1. The van der Waals surface area contributed by atoms with Gasteiger partial charge in [-0.3, -0.25) is 9.59 Å². The Kier molecular flexibility index (Phi) is 4.98. The summed E-state index contributed by atoms with van der Waals surface area (Å²) in [6.07, 6.45) is 11.4. The van der Waals surface area contributed by atoms with Gasteiger partial charge >= 0.3 is 5.97 Å². The van der Waals surface area contributed by atoms with Crippen LogP contribution in [-0.4, -0.2) is 23.7 Å². The first-order chi connectivity index (χ1) is 12.8. The molecule has 0 amide bonds. The summed E-state index contributed by atoms with van der Waals surface area (Å²) in [6, 6.07) is 0. The average molecular weight is 393 g/mol. The molecule has 3 nitrogen and oxygen atoms in total. The van der Waals surface area contributed by atoms with Crippen molar-refractivity contribution in [2.75, 3.05) is 5.88 Å². The topological polar surface area (TPSA) is 43.4 Å². The van der Waals surface area contributed by atoms with Crippen molar-refractivity contribution in [2.45, 2.75) is 78.2 Å². The van der Waals surface area contributed by atoms with Gasteiger partial charge in [-0.2, -0.15) is 0 Å². The molecule has 0 aromatic rings. The summed E-state index contributed by atoms with van der Waals surface area (Å²) < 4.78 is 5.56. The summed E-state index contributed by atoms with van der Waals surface area (Å²) in [5, 5.41) is 0.